The van der Waals surface area contributed by atoms with E-state index in [0.717, 1.165) is 5.56 Å². The number of ether oxygens (including phenoxy) is 1. The van der Waals surface area contributed by atoms with Crippen LogP contribution in [-0.2, 0) is 9.53 Å². The zero-order valence-electron chi connectivity index (χ0n) is 8.64. The van der Waals surface area contributed by atoms with Gasteiger partial charge in [-0.3, -0.25) is 10.1 Å². The number of benzene rings is 1. The molecule has 1 aromatic rings. The van der Waals surface area contributed by atoms with Crippen molar-refractivity contribution in [3.8, 4) is 0 Å². The summed E-state index contributed by atoms with van der Waals surface area (Å²) in [7, 11) is 1.58. The van der Waals surface area contributed by atoms with Gasteiger partial charge in [-0.15, -0.1) is 0 Å². The van der Waals surface area contributed by atoms with E-state index in [4.69, 9.17) is 9.84 Å². The predicted molar refractivity (Wildman–Crippen MR) is 56.7 cm³/mol. The van der Waals surface area contributed by atoms with Gasteiger partial charge in [0, 0.05) is 13.7 Å². The normalized spacial score (nSPS) is 12.3. The van der Waals surface area contributed by atoms with Gasteiger partial charge in [0.1, 0.15) is 6.04 Å². The Kier molecular flexibility index (Phi) is 4.80. The average molecular weight is 209 g/mol. The van der Waals surface area contributed by atoms with Gasteiger partial charge in [-0.2, -0.15) is 0 Å². The molecule has 82 valence electrons. The SMILES string of the molecule is COCCNC(C(=O)O)c1ccccc1. The number of aliphatic carboxylic acids is 1. The van der Waals surface area contributed by atoms with Gasteiger partial charge in [-0.05, 0) is 5.56 Å². The highest BCUT2D eigenvalue weighted by Gasteiger charge is 2.17. The second-order valence-corrected chi connectivity index (χ2v) is 3.13. The van der Waals surface area contributed by atoms with E-state index in [1.807, 2.05) is 18.2 Å². The Bertz CT molecular complexity index is 300. The van der Waals surface area contributed by atoms with Crippen molar-refractivity contribution in [2.75, 3.05) is 20.3 Å². The molecule has 1 atom stereocenters. The Morgan fingerprint density at radius 2 is 2.13 bits per heavy atom. The van der Waals surface area contributed by atoms with Crippen LogP contribution in [-0.4, -0.2) is 31.3 Å². The van der Waals surface area contributed by atoms with Crippen molar-refractivity contribution in [1.29, 1.82) is 0 Å². The monoisotopic (exact) mass is 209 g/mol. The molecule has 0 aliphatic heterocycles. The van der Waals surface area contributed by atoms with Crippen molar-refractivity contribution < 1.29 is 14.6 Å². The lowest BCUT2D eigenvalue weighted by Gasteiger charge is -2.14. The van der Waals surface area contributed by atoms with E-state index in [9.17, 15) is 4.79 Å². The molecule has 1 unspecified atom stereocenters. The quantitative estimate of drug-likeness (QED) is 0.687. The fourth-order valence-corrected chi connectivity index (χ4v) is 1.30. The van der Waals surface area contributed by atoms with E-state index in [2.05, 4.69) is 5.32 Å². The van der Waals surface area contributed by atoms with Crippen LogP contribution in [0.3, 0.4) is 0 Å². The number of hydrogen-bond acceptors (Lipinski definition) is 3. The van der Waals surface area contributed by atoms with E-state index in [1.165, 1.54) is 0 Å². The molecule has 15 heavy (non-hydrogen) atoms. The van der Waals surface area contributed by atoms with E-state index in [0.29, 0.717) is 13.2 Å². The Balaban J connectivity index is 2.62. The van der Waals surface area contributed by atoms with Crippen molar-refractivity contribution in [1.82, 2.24) is 5.32 Å². The molecule has 4 nitrogen and oxygen atoms in total. The summed E-state index contributed by atoms with van der Waals surface area (Å²) in [5.41, 5.74) is 0.751. The van der Waals surface area contributed by atoms with Crippen molar-refractivity contribution in [2.45, 2.75) is 6.04 Å². The third-order valence-corrected chi connectivity index (χ3v) is 2.03. The molecule has 0 heterocycles. The molecule has 4 heteroatoms. The number of methoxy groups -OCH3 is 1. The fourth-order valence-electron chi connectivity index (χ4n) is 1.30. The molecular weight excluding hydrogens is 194 g/mol. The molecule has 0 saturated carbocycles. The minimum Gasteiger partial charge on any atom is -0.480 e. The predicted octanol–water partition coefficient (Wildman–Crippen LogP) is 1.05. The van der Waals surface area contributed by atoms with Crippen LogP contribution in [0.25, 0.3) is 0 Å². The van der Waals surface area contributed by atoms with Crippen LogP contribution in [0.2, 0.25) is 0 Å². The maximum Gasteiger partial charge on any atom is 0.325 e. The first kappa shape index (κ1) is 11.7. The van der Waals surface area contributed by atoms with Gasteiger partial charge in [0.2, 0.25) is 0 Å². The number of carboxylic acids is 1. The Hall–Kier alpha value is -1.39. The van der Waals surface area contributed by atoms with Crippen molar-refractivity contribution >= 4 is 5.97 Å². The van der Waals surface area contributed by atoms with E-state index in [-0.39, 0.29) is 0 Å². The van der Waals surface area contributed by atoms with Crippen molar-refractivity contribution in [3.05, 3.63) is 35.9 Å². The van der Waals surface area contributed by atoms with Crippen LogP contribution in [0.4, 0.5) is 0 Å². The summed E-state index contributed by atoms with van der Waals surface area (Å²) in [5.74, 6) is -0.877. The molecule has 0 aliphatic rings. The number of rotatable bonds is 6. The van der Waals surface area contributed by atoms with Gasteiger partial charge in [0.05, 0.1) is 6.61 Å². The first-order valence-electron chi connectivity index (χ1n) is 4.75. The largest absolute Gasteiger partial charge is 0.480 e. The van der Waals surface area contributed by atoms with E-state index in [1.54, 1.807) is 19.2 Å². The first-order chi connectivity index (χ1) is 7.25. The molecule has 1 rings (SSSR count). The number of hydrogen-bond donors (Lipinski definition) is 2. The van der Waals surface area contributed by atoms with Crippen LogP contribution in [0.15, 0.2) is 30.3 Å². The smallest absolute Gasteiger partial charge is 0.325 e. The molecule has 0 aliphatic carbocycles. The molecule has 0 spiro atoms. The minimum atomic E-state index is -0.877. The highest BCUT2D eigenvalue weighted by Crippen LogP contribution is 2.11. The van der Waals surface area contributed by atoms with Crippen LogP contribution in [0, 0.1) is 0 Å². The molecule has 0 radical (unpaired) electrons. The number of carboxylic acid groups (broad SMARTS) is 1. The summed E-state index contributed by atoms with van der Waals surface area (Å²) in [4.78, 5) is 11.0. The fraction of sp³-hybridized carbons (Fsp3) is 0.364. The molecule has 0 bridgehead atoms. The highest BCUT2D eigenvalue weighted by molar-refractivity contribution is 5.75. The second-order valence-electron chi connectivity index (χ2n) is 3.13. The van der Waals surface area contributed by atoms with Gasteiger partial charge < -0.3 is 9.84 Å². The highest BCUT2D eigenvalue weighted by atomic mass is 16.5. The summed E-state index contributed by atoms with van der Waals surface area (Å²) in [6, 6.07) is 8.42. The Labute approximate surface area is 88.9 Å². The molecule has 0 saturated heterocycles. The standard InChI is InChI=1S/C11H15NO3/c1-15-8-7-12-10(11(13)14)9-5-3-2-4-6-9/h2-6,10,12H,7-8H2,1H3,(H,13,14). The third kappa shape index (κ3) is 3.69. The van der Waals surface area contributed by atoms with Crippen LogP contribution in [0.1, 0.15) is 11.6 Å². The van der Waals surface area contributed by atoms with Gasteiger partial charge in [0.25, 0.3) is 0 Å². The zero-order chi connectivity index (χ0) is 11.1. The van der Waals surface area contributed by atoms with Crippen molar-refractivity contribution in [2.24, 2.45) is 0 Å². The van der Waals surface area contributed by atoms with Gasteiger partial charge in [0.15, 0.2) is 0 Å². The Morgan fingerprint density at radius 1 is 1.47 bits per heavy atom. The molecule has 1 aromatic carbocycles. The number of carbonyl (C=O) groups is 1. The second kappa shape index (κ2) is 6.16. The lowest BCUT2D eigenvalue weighted by Crippen LogP contribution is -2.30. The Morgan fingerprint density at radius 3 is 2.67 bits per heavy atom. The van der Waals surface area contributed by atoms with Crippen LogP contribution < -0.4 is 5.32 Å². The summed E-state index contributed by atoms with van der Waals surface area (Å²) >= 11 is 0. The molecule has 0 aromatic heterocycles. The molecule has 0 amide bonds. The lowest BCUT2D eigenvalue weighted by molar-refractivity contribution is -0.139. The maximum absolute atomic E-state index is 11.0. The summed E-state index contributed by atoms with van der Waals surface area (Å²) in [6.45, 7) is 1.01. The van der Waals surface area contributed by atoms with E-state index >= 15 is 0 Å². The van der Waals surface area contributed by atoms with E-state index < -0.39 is 12.0 Å². The first-order valence-corrected chi connectivity index (χ1v) is 4.75. The third-order valence-electron chi connectivity index (χ3n) is 2.03. The summed E-state index contributed by atoms with van der Waals surface area (Å²) < 4.78 is 4.85. The maximum atomic E-state index is 11.0. The zero-order valence-corrected chi connectivity index (χ0v) is 8.64. The molecular formula is C11H15NO3. The lowest BCUT2D eigenvalue weighted by atomic mass is 10.1. The topological polar surface area (TPSA) is 58.6 Å². The van der Waals surface area contributed by atoms with Gasteiger partial charge in [-0.25, -0.2) is 0 Å². The van der Waals surface area contributed by atoms with Crippen LogP contribution in [0.5, 0.6) is 0 Å². The van der Waals surface area contributed by atoms with Gasteiger partial charge >= 0.3 is 5.97 Å². The van der Waals surface area contributed by atoms with Gasteiger partial charge in [-0.1, -0.05) is 30.3 Å². The molecule has 2 N–H and O–H groups in total. The van der Waals surface area contributed by atoms with Crippen LogP contribution >= 0.6 is 0 Å². The van der Waals surface area contributed by atoms with Crippen molar-refractivity contribution in [3.63, 3.8) is 0 Å². The molecule has 0 fully saturated rings. The number of nitrogens with one attached hydrogen (secondary N) is 1. The summed E-state index contributed by atoms with van der Waals surface area (Å²) in [6.07, 6.45) is 0. The minimum absolute atomic E-state index is 0.497. The summed E-state index contributed by atoms with van der Waals surface area (Å²) in [5, 5.41) is 11.9. The average Bonchev–Trinajstić information content (AvgIpc) is 2.25.